The maximum absolute atomic E-state index is 13.1. The highest BCUT2D eigenvalue weighted by Gasteiger charge is 2.26. The fourth-order valence-corrected chi connectivity index (χ4v) is 4.01. The summed E-state index contributed by atoms with van der Waals surface area (Å²) in [4.78, 5) is 28.7. The number of hydrogen-bond acceptors (Lipinski definition) is 3. The van der Waals surface area contributed by atoms with Crippen LogP contribution < -0.4 is 5.32 Å². The van der Waals surface area contributed by atoms with Crippen molar-refractivity contribution >= 4 is 35.2 Å². The van der Waals surface area contributed by atoms with E-state index in [0.29, 0.717) is 13.0 Å². The summed E-state index contributed by atoms with van der Waals surface area (Å²) in [5.74, 6) is 0.730. The Balaban J connectivity index is 1.99. The van der Waals surface area contributed by atoms with E-state index in [0.717, 1.165) is 34.1 Å². The molecule has 2 aromatic rings. The minimum Gasteiger partial charge on any atom is -0.352 e. The Morgan fingerprint density at radius 1 is 1.06 bits per heavy atom. The zero-order valence-electron chi connectivity index (χ0n) is 18.9. The molecule has 0 saturated carbocycles. The quantitative estimate of drug-likeness (QED) is 0.338. The van der Waals surface area contributed by atoms with Crippen molar-refractivity contribution in [3.05, 3.63) is 64.7 Å². The van der Waals surface area contributed by atoms with E-state index < -0.39 is 6.04 Å². The highest BCUT2D eigenvalue weighted by atomic mass is 35.5. The Labute approximate surface area is 195 Å². The molecule has 0 aliphatic heterocycles. The van der Waals surface area contributed by atoms with Gasteiger partial charge in [0.05, 0.1) is 0 Å². The molecule has 0 saturated heterocycles. The first-order valence-electron chi connectivity index (χ1n) is 10.8. The van der Waals surface area contributed by atoms with E-state index in [-0.39, 0.29) is 17.9 Å². The van der Waals surface area contributed by atoms with Gasteiger partial charge in [0.25, 0.3) is 0 Å². The highest BCUT2D eigenvalue weighted by molar-refractivity contribution is 7.99. The van der Waals surface area contributed by atoms with Gasteiger partial charge in [-0.15, -0.1) is 11.8 Å². The lowest BCUT2D eigenvalue weighted by molar-refractivity contribution is -0.140. The van der Waals surface area contributed by atoms with Crippen LogP contribution in [0.2, 0.25) is 5.02 Å². The second-order valence-electron chi connectivity index (χ2n) is 7.91. The number of nitrogens with one attached hydrogen (secondary N) is 1. The normalized spacial score (nSPS) is 12.8. The zero-order valence-corrected chi connectivity index (χ0v) is 20.4. The van der Waals surface area contributed by atoms with Crippen LogP contribution in [0.3, 0.4) is 0 Å². The minimum atomic E-state index is -0.522. The number of benzene rings is 2. The van der Waals surface area contributed by atoms with Gasteiger partial charge in [0, 0.05) is 28.9 Å². The number of amides is 2. The number of hydrogen-bond donors (Lipinski definition) is 1. The van der Waals surface area contributed by atoms with Gasteiger partial charge in [-0.1, -0.05) is 48.4 Å². The Morgan fingerprint density at radius 2 is 1.71 bits per heavy atom. The zero-order chi connectivity index (χ0) is 22.8. The summed E-state index contributed by atoms with van der Waals surface area (Å²) in [6.45, 7) is 8.28. The second kappa shape index (κ2) is 12.8. The maximum atomic E-state index is 13.1. The van der Waals surface area contributed by atoms with Crippen molar-refractivity contribution in [1.29, 1.82) is 0 Å². The van der Waals surface area contributed by atoms with Crippen LogP contribution in [-0.2, 0) is 16.1 Å². The number of halogens is 1. The molecule has 0 spiro atoms. The molecule has 2 rings (SSSR count). The van der Waals surface area contributed by atoms with E-state index in [1.54, 1.807) is 16.7 Å². The van der Waals surface area contributed by atoms with Crippen LogP contribution in [-0.4, -0.2) is 34.6 Å². The van der Waals surface area contributed by atoms with Crippen molar-refractivity contribution < 1.29 is 9.59 Å². The van der Waals surface area contributed by atoms with E-state index in [1.165, 1.54) is 5.56 Å². The van der Waals surface area contributed by atoms with Crippen LogP contribution in [0.25, 0.3) is 0 Å². The number of carbonyl (C=O) groups is 2. The van der Waals surface area contributed by atoms with Crippen LogP contribution in [0, 0.1) is 6.92 Å². The summed E-state index contributed by atoms with van der Waals surface area (Å²) in [7, 11) is 0. The molecular weight excluding hydrogens is 428 g/mol. The van der Waals surface area contributed by atoms with E-state index in [2.05, 4.69) is 5.32 Å². The highest BCUT2D eigenvalue weighted by Crippen LogP contribution is 2.22. The van der Waals surface area contributed by atoms with Crippen molar-refractivity contribution in [3.8, 4) is 0 Å². The molecule has 2 amide bonds. The number of rotatable bonds is 11. The van der Waals surface area contributed by atoms with Gasteiger partial charge in [-0.05, 0) is 69.2 Å². The lowest BCUT2D eigenvalue weighted by Gasteiger charge is -2.30. The first-order valence-corrected chi connectivity index (χ1v) is 12.2. The first kappa shape index (κ1) is 25.3. The molecule has 0 aliphatic carbocycles. The maximum Gasteiger partial charge on any atom is 0.242 e. The molecule has 0 fully saturated rings. The van der Waals surface area contributed by atoms with Crippen LogP contribution in [0.1, 0.15) is 51.2 Å². The molecule has 0 unspecified atom stereocenters. The molecule has 6 heteroatoms. The van der Waals surface area contributed by atoms with Gasteiger partial charge in [-0.3, -0.25) is 9.59 Å². The van der Waals surface area contributed by atoms with Crippen molar-refractivity contribution in [1.82, 2.24) is 10.2 Å². The summed E-state index contributed by atoms with van der Waals surface area (Å²) < 4.78 is 0. The van der Waals surface area contributed by atoms with Crippen molar-refractivity contribution in [2.24, 2.45) is 0 Å². The van der Waals surface area contributed by atoms with Gasteiger partial charge in [0.1, 0.15) is 6.04 Å². The van der Waals surface area contributed by atoms with E-state index >= 15 is 0 Å². The van der Waals surface area contributed by atoms with Gasteiger partial charge in [-0.2, -0.15) is 0 Å². The lowest BCUT2D eigenvalue weighted by atomic mass is 10.1. The van der Waals surface area contributed by atoms with Gasteiger partial charge in [0.15, 0.2) is 0 Å². The number of thioether (sulfide) groups is 1. The lowest BCUT2D eigenvalue weighted by Crippen LogP contribution is -2.49. The number of carbonyl (C=O) groups excluding carboxylic acids is 2. The topological polar surface area (TPSA) is 49.4 Å². The van der Waals surface area contributed by atoms with Crippen LogP contribution in [0.4, 0.5) is 0 Å². The third-order valence-electron chi connectivity index (χ3n) is 5.26. The second-order valence-corrected chi connectivity index (χ2v) is 9.51. The molecule has 4 nitrogen and oxygen atoms in total. The SMILES string of the molecule is CC[C@@H](C)NC(=O)[C@H](C)N(Cc1ccc(C)cc1)C(=O)CCCSc1ccc(Cl)cc1. The van der Waals surface area contributed by atoms with Crippen LogP contribution in [0.5, 0.6) is 0 Å². The largest absolute Gasteiger partial charge is 0.352 e. The molecule has 168 valence electrons. The summed E-state index contributed by atoms with van der Waals surface area (Å²) in [6.07, 6.45) is 2.01. The molecule has 0 heterocycles. The van der Waals surface area contributed by atoms with Gasteiger partial charge in [0.2, 0.25) is 11.8 Å². The summed E-state index contributed by atoms with van der Waals surface area (Å²) in [5, 5.41) is 3.72. The van der Waals surface area contributed by atoms with E-state index in [9.17, 15) is 9.59 Å². The molecule has 0 aliphatic rings. The number of nitrogens with zero attached hydrogens (tertiary/aromatic N) is 1. The molecule has 31 heavy (non-hydrogen) atoms. The Morgan fingerprint density at radius 3 is 2.32 bits per heavy atom. The Bertz CT molecular complexity index is 840. The Hall–Kier alpha value is -1.98. The average molecular weight is 461 g/mol. The fourth-order valence-electron chi connectivity index (χ4n) is 3.03. The molecule has 2 aromatic carbocycles. The van der Waals surface area contributed by atoms with E-state index in [4.69, 9.17) is 11.6 Å². The van der Waals surface area contributed by atoms with Crippen molar-refractivity contribution in [2.75, 3.05) is 5.75 Å². The molecule has 2 atom stereocenters. The van der Waals surface area contributed by atoms with Crippen molar-refractivity contribution in [2.45, 2.75) is 70.5 Å². The third kappa shape index (κ3) is 8.58. The summed E-state index contributed by atoms with van der Waals surface area (Å²) >= 11 is 7.63. The van der Waals surface area contributed by atoms with Crippen LogP contribution >= 0.6 is 23.4 Å². The predicted molar refractivity (Wildman–Crippen MR) is 130 cm³/mol. The molecular formula is C25H33ClN2O2S. The minimum absolute atomic E-state index is 0.00378. The number of aryl methyl sites for hydroxylation is 1. The van der Waals surface area contributed by atoms with Crippen LogP contribution in [0.15, 0.2) is 53.4 Å². The third-order valence-corrected chi connectivity index (χ3v) is 6.61. The van der Waals surface area contributed by atoms with Crippen molar-refractivity contribution in [3.63, 3.8) is 0 Å². The molecule has 0 bridgehead atoms. The average Bonchev–Trinajstić information content (AvgIpc) is 2.76. The Kier molecular flexibility index (Phi) is 10.4. The van der Waals surface area contributed by atoms with Gasteiger partial charge < -0.3 is 10.2 Å². The summed E-state index contributed by atoms with van der Waals surface area (Å²) in [5.41, 5.74) is 2.20. The monoisotopic (exact) mass is 460 g/mol. The standard InChI is InChI=1S/C25H33ClN2O2S/c1-5-19(3)27-25(30)20(4)28(17-21-10-8-18(2)9-11-21)24(29)7-6-16-31-23-14-12-22(26)13-15-23/h8-15,19-20H,5-7,16-17H2,1-4H3,(H,27,30)/t19-,20+/m1/s1. The smallest absolute Gasteiger partial charge is 0.242 e. The molecule has 0 aromatic heterocycles. The van der Waals surface area contributed by atoms with Gasteiger partial charge >= 0.3 is 0 Å². The van der Waals surface area contributed by atoms with E-state index in [1.807, 2.05) is 76.2 Å². The predicted octanol–water partition coefficient (Wildman–Crippen LogP) is 5.85. The molecule has 1 N–H and O–H groups in total. The fraction of sp³-hybridized carbons (Fsp3) is 0.440. The molecule has 0 radical (unpaired) electrons. The summed E-state index contributed by atoms with van der Waals surface area (Å²) in [6, 6.07) is 15.4. The van der Waals surface area contributed by atoms with Gasteiger partial charge in [-0.25, -0.2) is 0 Å². The first-order chi connectivity index (χ1) is 14.8.